The Balaban J connectivity index is 2.94. The van der Waals surface area contributed by atoms with Crippen LogP contribution in [0.25, 0.3) is 0 Å². The molecular weight excluding hydrogens is 222 g/mol. The van der Waals surface area contributed by atoms with Crippen molar-refractivity contribution < 1.29 is 14.7 Å². The molecule has 4 N–H and O–H groups in total. The van der Waals surface area contributed by atoms with Gasteiger partial charge in [-0.25, -0.2) is 9.78 Å². The highest BCUT2D eigenvalue weighted by molar-refractivity contribution is 5.88. The van der Waals surface area contributed by atoms with Crippen LogP contribution >= 0.6 is 0 Å². The van der Waals surface area contributed by atoms with Crippen molar-refractivity contribution in [1.82, 2.24) is 4.98 Å². The maximum atomic E-state index is 10.9. The third-order valence-electron chi connectivity index (χ3n) is 2.08. The van der Waals surface area contributed by atoms with Crippen molar-refractivity contribution in [2.45, 2.75) is 19.8 Å². The highest BCUT2D eigenvalue weighted by Crippen LogP contribution is 2.12. The second kappa shape index (κ2) is 5.83. The number of carbonyl (C=O) groups excluding carboxylic acids is 1. The van der Waals surface area contributed by atoms with Crippen molar-refractivity contribution in [3.05, 3.63) is 23.4 Å². The van der Waals surface area contributed by atoms with Gasteiger partial charge in [-0.2, -0.15) is 0 Å². The first-order chi connectivity index (χ1) is 8.02. The highest BCUT2D eigenvalue weighted by atomic mass is 16.4. The zero-order valence-corrected chi connectivity index (χ0v) is 9.56. The van der Waals surface area contributed by atoms with Gasteiger partial charge in [0.25, 0.3) is 0 Å². The first-order valence-electron chi connectivity index (χ1n) is 5.29. The van der Waals surface area contributed by atoms with E-state index in [9.17, 15) is 9.59 Å². The molecule has 0 radical (unpaired) electrons. The van der Waals surface area contributed by atoms with E-state index in [1.165, 1.54) is 12.1 Å². The molecule has 1 heterocycles. The summed E-state index contributed by atoms with van der Waals surface area (Å²) in [4.78, 5) is 25.7. The van der Waals surface area contributed by atoms with Gasteiger partial charge in [0, 0.05) is 5.69 Å². The number of anilines is 1. The number of amides is 1. The lowest BCUT2D eigenvalue weighted by molar-refractivity contribution is -0.116. The molecule has 0 aliphatic rings. The number of carboxylic acids is 1. The second-order valence-electron chi connectivity index (χ2n) is 3.61. The van der Waals surface area contributed by atoms with E-state index < -0.39 is 11.9 Å². The number of nitrogens with one attached hydrogen (secondary N) is 1. The molecule has 0 aliphatic heterocycles. The maximum absolute atomic E-state index is 10.9. The second-order valence-corrected chi connectivity index (χ2v) is 3.61. The van der Waals surface area contributed by atoms with Crippen molar-refractivity contribution in [2.75, 3.05) is 11.9 Å². The number of carbonyl (C=O) groups is 2. The number of primary amides is 1. The average Bonchev–Trinajstić information content (AvgIpc) is 2.26. The summed E-state index contributed by atoms with van der Waals surface area (Å²) in [6.07, 6.45) is 1.55. The van der Waals surface area contributed by atoms with Crippen molar-refractivity contribution in [3.63, 3.8) is 0 Å². The van der Waals surface area contributed by atoms with E-state index in [4.69, 9.17) is 10.8 Å². The van der Waals surface area contributed by atoms with Crippen molar-refractivity contribution >= 4 is 17.7 Å². The molecule has 1 aromatic rings. The third-order valence-corrected chi connectivity index (χ3v) is 2.08. The summed E-state index contributed by atoms with van der Waals surface area (Å²) in [5, 5.41) is 11.6. The van der Waals surface area contributed by atoms with Gasteiger partial charge in [0.05, 0.1) is 12.1 Å². The highest BCUT2D eigenvalue weighted by Gasteiger charge is 2.08. The van der Waals surface area contributed by atoms with Crippen LogP contribution in [0.15, 0.2) is 12.1 Å². The maximum Gasteiger partial charge on any atom is 0.335 e. The lowest BCUT2D eigenvalue weighted by Crippen LogP contribution is -2.22. The predicted molar refractivity (Wildman–Crippen MR) is 62.9 cm³/mol. The van der Waals surface area contributed by atoms with Crippen LogP contribution in [0.4, 0.5) is 5.82 Å². The van der Waals surface area contributed by atoms with Gasteiger partial charge in [-0.05, 0) is 18.6 Å². The molecule has 6 nitrogen and oxygen atoms in total. The van der Waals surface area contributed by atoms with E-state index >= 15 is 0 Å². The molecular formula is C11H15N3O3. The molecule has 0 fully saturated rings. The van der Waals surface area contributed by atoms with Crippen LogP contribution in [0.2, 0.25) is 0 Å². The SMILES string of the molecule is CCCc1cc(C(=O)O)cc(NCC(N)=O)n1. The zero-order valence-electron chi connectivity index (χ0n) is 9.56. The van der Waals surface area contributed by atoms with Crippen LogP contribution in [0.3, 0.4) is 0 Å². The van der Waals surface area contributed by atoms with Gasteiger partial charge < -0.3 is 16.2 Å². The number of carboxylic acid groups (broad SMARTS) is 1. The molecule has 0 atom stereocenters. The Labute approximate surface area is 98.8 Å². The lowest BCUT2D eigenvalue weighted by Gasteiger charge is -2.07. The number of pyridine rings is 1. The van der Waals surface area contributed by atoms with Gasteiger partial charge >= 0.3 is 5.97 Å². The number of rotatable bonds is 6. The summed E-state index contributed by atoms with van der Waals surface area (Å²) >= 11 is 0. The number of aryl methyl sites for hydroxylation is 1. The largest absolute Gasteiger partial charge is 0.478 e. The Morgan fingerprint density at radius 1 is 1.47 bits per heavy atom. The first-order valence-corrected chi connectivity index (χ1v) is 5.29. The minimum atomic E-state index is -1.02. The van der Waals surface area contributed by atoms with E-state index in [1.807, 2.05) is 6.92 Å². The number of nitrogens with two attached hydrogens (primary N) is 1. The molecule has 0 unspecified atom stereocenters. The molecule has 0 aliphatic carbocycles. The van der Waals surface area contributed by atoms with Crippen LogP contribution in [0.5, 0.6) is 0 Å². The Morgan fingerprint density at radius 2 is 2.18 bits per heavy atom. The van der Waals surface area contributed by atoms with Crippen molar-refractivity contribution in [3.8, 4) is 0 Å². The Kier molecular flexibility index (Phi) is 4.45. The molecule has 0 bridgehead atoms. The summed E-state index contributed by atoms with van der Waals surface area (Å²) < 4.78 is 0. The predicted octanol–water partition coefficient (Wildman–Crippen LogP) is 0.630. The van der Waals surface area contributed by atoms with Crippen LogP contribution in [0, 0.1) is 0 Å². The standard InChI is InChI=1S/C11H15N3O3/c1-2-3-8-4-7(11(16)17)5-10(14-8)13-6-9(12)15/h4-5H,2-3,6H2,1H3,(H2,12,15)(H,13,14)(H,16,17). The molecule has 17 heavy (non-hydrogen) atoms. The molecule has 0 spiro atoms. The van der Waals surface area contributed by atoms with Crippen molar-refractivity contribution in [1.29, 1.82) is 0 Å². The summed E-state index contributed by atoms with van der Waals surface area (Å²) in [5.74, 6) is -1.19. The molecule has 0 saturated carbocycles. The van der Waals surface area contributed by atoms with Crippen LogP contribution in [-0.4, -0.2) is 28.5 Å². The molecule has 1 amide bonds. The van der Waals surface area contributed by atoms with Gasteiger partial charge in [-0.15, -0.1) is 0 Å². The first kappa shape index (κ1) is 13.0. The molecule has 92 valence electrons. The van der Waals surface area contributed by atoms with Crippen LogP contribution in [0.1, 0.15) is 29.4 Å². The summed E-state index contributed by atoms with van der Waals surface area (Å²) in [7, 11) is 0. The average molecular weight is 237 g/mol. The fourth-order valence-electron chi connectivity index (χ4n) is 1.36. The monoisotopic (exact) mass is 237 g/mol. The molecule has 1 rings (SSSR count). The fourth-order valence-corrected chi connectivity index (χ4v) is 1.36. The van der Waals surface area contributed by atoms with Gasteiger partial charge in [-0.1, -0.05) is 13.3 Å². The zero-order chi connectivity index (χ0) is 12.8. The Morgan fingerprint density at radius 3 is 2.71 bits per heavy atom. The molecule has 1 aromatic heterocycles. The normalized spacial score (nSPS) is 9.94. The summed E-state index contributed by atoms with van der Waals surface area (Å²) in [6, 6.07) is 2.91. The van der Waals surface area contributed by atoms with Gasteiger partial charge in [-0.3, -0.25) is 4.79 Å². The molecule has 6 heteroatoms. The van der Waals surface area contributed by atoms with E-state index in [2.05, 4.69) is 10.3 Å². The van der Waals surface area contributed by atoms with Gasteiger partial charge in [0.1, 0.15) is 5.82 Å². The number of nitrogens with zero attached hydrogens (tertiary/aromatic N) is 1. The van der Waals surface area contributed by atoms with E-state index in [-0.39, 0.29) is 12.1 Å². The smallest absolute Gasteiger partial charge is 0.335 e. The van der Waals surface area contributed by atoms with Gasteiger partial charge in [0.2, 0.25) is 5.91 Å². The fraction of sp³-hybridized carbons (Fsp3) is 0.364. The lowest BCUT2D eigenvalue weighted by atomic mass is 10.1. The Hall–Kier alpha value is -2.11. The van der Waals surface area contributed by atoms with Crippen LogP contribution < -0.4 is 11.1 Å². The summed E-state index contributed by atoms with van der Waals surface area (Å²) in [6.45, 7) is 1.91. The van der Waals surface area contributed by atoms with Crippen LogP contribution in [-0.2, 0) is 11.2 Å². The van der Waals surface area contributed by atoms with E-state index in [1.54, 1.807) is 0 Å². The Bertz CT molecular complexity index is 432. The van der Waals surface area contributed by atoms with E-state index in [0.717, 1.165) is 6.42 Å². The topological polar surface area (TPSA) is 105 Å². The number of hydrogen-bond donors (Lipinski definition) is 3. The number of aromatic nitrogens is 1. The quantitative estimate of drug-likeness (QED) is 0.673. The third kappa shape index (κ3) is 4.10. The molecule has 0 aromatic carbocycles. The number of hydrogen-bond acceptors (Lipinski definition) is 4. The summed E-state index contributed by atoms with van der Waals surface area (Å²) in [5.41, 5.74) is 5.82. The minimum Gasteiger partial charge on any atom is -0.478 e. The van der Waals surface area contributed by atoms with E-state index in [0.29, 0.717) is 17.9 Å². The molecule has 0 saturated heterocycles. The number of aromatic carboxylic acids is 1. The van der Waals surface area contributed by atoms with Crippen molar-refractivity contribution in [2.24, 2.45) is 5.73 Å². The van der Waals surface area contributed by atoms with Gasteiger partial charge in [0.15, 0.2) is 0 Å². The minimum absolute atomic E-state index is 0.0678.